The molecule has 0 radical (unpaired) electrons. The summed E-state index contributed by atoms with van der Waals surface area (Å²) in [7, 11) is 0. The smallest absolute Gasteiger partial charge is 0.338 e. The standard InChI is InChI=1S/C48H53NO14/c1-26-32(61-44(57)38(53)37(29-16-10-7-11-17-29)49-42(55)30-18-12-8-13-19-30)23-47(58)24-33(62-43(56)31-20-14-9-15-21-31)40-46(6,34(52)22-35-48(40,25-59-35)63-28(3)51)41(54)39(60-27(2)50)36(26)45(47,4)5/h7-21,32-35,37-40,52-53,58H,22-25H2,1-6H3,(H,49,55)/t32-,33+,34-,35+,37-,38+,39+,40-,46+,47+,48-/m0/s1/i38+2,44+2. The summed E-state index contributed by atoms with van der Waals surface area (Å²) in [6.07, 6.45) is -10.3. The van der Waals surface area contributed by atoms with E-state index in [0.717, 1.165) is 6.92 Å². The molecule has 1 saturated heterocycles. The Balaban J connectivity index is 1.36. The first kappa shape index (κ1) is 45.3. The van der Waals surface area contributed by atoms with E-state index >= 15 is 4.79 Å². The lowest BCUT2D eigenvalue weighted by molar-refractivity contribution is -0.331. The average Bonchev–Trinajstić information content (AvgIpc) is 3.25. The van der Waals surface area contributed by atoms with Gasteiger partial charge in [-0.05, 0) is 54.8 Å². The Hall–Kier alpha value is -5.74. The van der Waals surface area contributed by atoms with Crippen molar-refractivity contribution in [3.63, 3.8) is 0 Å². The molecular formula is C48H53NO14. The molecule has 0 unspecified atom stereocenters. The average molecular weight is 872 g/mol. The van der Waals surface area contributed by atoms with Crippen LogP contribution in [0.5, 0.6) is 0 Å². The zero-order valence-corrected chi connectivity index (χ0v) is 35.9. The molecule has 15 heteroatoms. The third-order valence-electron chi connectivity index (χ3n) is 13.7. The predicted molar refractivity (Wildman–Crippen MR) is 222 cm³/mol. The van der Waals surface area contributed by atoms with E-state index in [1.165, 1.54) is 26.0 Å². The van der Waals surface area contributed by atoms with Crippen LogP contribution in [0.4, 0.5) is 0 Å². The van der Waals surface area contributed by atoms with Crippen molar-refractivity contribution in [2.45, 2.75) is 115 Å². The quantitative estimate of drug-likeness (QED) is 0.128. The molecule has 0 spiro atoms. The largest absolute Gasteiger partial charge is 0.458 e. The van der Waals surface area contributed by atoms with Gasteiger partial charge in [0.1, 0.15) is 18.3 Å². The lowest BCUT2D eigenvalue weighted by Gasteiger charge is -2.63. The lowest BCUT2D eigenvalue weighted by Crippen LogP contribution is -2.77. The van der Waals surface area contributed by atoms with Crippen LogP contribution in [-0.2, 0) is 42.9 Å². The van der Waals surface area contributed by atoms with Crippen molar-refractivity contribution < 1.29 is 67.8 Å². The van der Waals surface area contributed by atoms with Crippen LogP contribution in [0.25, 0.3) is 0 Å². The third kappa shape index (κ3) is 7.96. The third-order valence-corrected chi connectivity index (χ3v) is 13.7. The normalized spacial score (nSPS) is 31.7. The fourth-order valence-electron chi connectivity index (χ4n) is 10.4. The van der Waals surface area contributed by atoms with E-state index in [4.69, 9.17) is 23.7 Å². The zero-order chi connectivity index (χ0) is 45.6. The molecule has 2 bridgehead atoms. The molecule has 63 heavy (non-hydrogen) atoms. The SMILES string of the molecule is CC(=O)O[C@H]1C(=O)[C@@]2(C)[C@H]([C@H](OC(=O)c3ccccc3)C[C@]3(O)C[C@H](O[14C](=O)[14C@H](O)[C@@H](NC(=O)c4ccccc4)c4ccccc4)C(C)=C1C3(C)C)[C@]1(OC(C)=O)CO[C@@H]1C[C@@H]2O. The van der Waals surface area contributed by atoms with Gasteiger partial charge in [0.25, 0.3) is 5.91 Å². The molecule has 11 atom stereocenters. The van der Waals surface area contributed by atoms with E-state index in [0.29, 0.717) is 5.56 Å². The van der Waals surface area contributed by atoms with Crippen LogP contribution < -0.4 is 5.32 Å². The molecule has 3 aromatic carbocycles. The molecule has 3 aromatic rings. The molecular weight excluding hydrogens is 819 g/mol. The van der Waals surface area contributed by atoms with Crippen molar-refractivity contribution in [2.75, 3.05) is 6.61 Å². The molecule has 1 aliphatic heterocycles. The number of aliphatic hydroxyl groups is 3. The molecule has 0 aromatic heterocycles. The summed E-state index contributed by atoms with van der Waals surface area (Å²) in [4.78, 5) is 83.4. The summed E-state index contributed by atoms with van der Waals surface area (Å²) < 4.78 is 30.3. The van der Waals surface area contributed by atoms with Gasteiger partial charge in [0.2, 0.25) is 0 Å². The number of nitrogens with one attached hydrogen (secondary N) is 1. The lowest BCUT2D eigenvalue weighted by atomic mass is 9.52. The first-order valence-electron chi connectivity index (χ1n) is 20.9. The van der Waals surface area contributed by atoms with Crippen LogP contribution in [0, 0.1) is 16.7 Å². The monoisotopic (exact) mass is 871 g/mol. The highest BCUT2D eigenvalue weighted by atomic mass is 16.9. The summed E-state index contributed by atoms with van der Waals surface area (Å²) in [6.45, 7) is 8.25. The second kappa shape index (κ2) is 17.1. The van der Waals surface area contributed by atoms with Gasteiger partial charge in [-0.1, -0.05) is 80.6 Å². The number of esters is 4. The number of fused-ring (bicyclic) bond motifs is 5. The molecule has 3 fully saturated rings. The van der Waals surface area contributed by atoms with Crippen LogP contribution in [0.1, 0.15) is 93.1 Å². The zero-order valence-electron chi connectivity index (χ0n) is 35.9. The molecule has 334 valence electrons. The number of hydrogen-bond acceptors (Lipinski definition) is 14. The van der Waals surface area contributed by atoms with E-state index in [-0.39, 0.29) is 35.3 Å². The van der Waals surface area contributed by atoms with Crippen molar-refractivity contribution >= 4 is 35.6 Å². The number of ether oxygens (including phenoxy) is 5. The van der Waals surface area contributed by atoms with Crippen LogP contribution in [0.3, 0.4) is 0 Å². The molecule has 2 saturated carbocycles. The molecule has 1 heterocycles. The predicted octanol–water partition coefficient (Wildman–Crippen LogP) is 4.13. The number of aliphatic hydroxyl groups excluding tert-OH is 2. The van der Waals surface area contributed by atoms with Crippen LogP contribution in [0.2, 0.25) is 0 Å². The van der Waals surface area contributed by atoms with E-state index in [2.05, 4.69) is 5.32 Å². The van der Waals surface area contributed by atoms with Crippen molar-refractivity contribution in [1.29, 1.82) is 0 Å². The topological polar surface area (TPSA) is 221 Å². The summed E-state index contributed by atoms with van der Waals surface area (Å²) in [5.74, 6) is -6.49. The minimum atomic E-state index is -2.09. The Morgan fingerprint density at radius 2 is 1.46 bits per heavy atom. The van der Waals surface area contributed by atoms with E-state index in [1.54, 1.807) is 99.6 Å². The Kier molecular flexibility index (Phi) is 12.3. The number of amides is 1. The number of hydrogen-bond donors (Lipinski definition) is 4. The van der Waals surface area contributed by atoms with Gasteiger partial charge in [-0.15, -0.1) is 0 Å². The van der Waals surface area contributed by atoms with Crippen molar-refractivity contribution in [1.82, 2.24) is 5.32 Å². The Morgan fingerprint density at radius 1 is 0.873 bits per heavy atom. The van der Waals surface area contributed by atoms with Crippen LogP contribution in [0.15, 0.2) is 102 Å². The van der Waals surface area contributed by atoms with E-state index in [1.807, 2.05) is 0 Å². The highest BCUT2D eigenvalue weighted by Gasteiger charge is 2.75. The maximum Gasteiger partial charge on any atom is 0.338 e. The molecule has 4 aliphatic rings. The van der Waals surface area contributed by atoms with Gasteiger partial charge in [-0.2, -0.15) is 0 Å². The number of rotatable bonds is 10. The van der Waals surface area contributed by atoms with Gasteiger partial charge in [0.15, 0.2) is 23.6 Å². The second-order valence-electron chi connectivity index (χ2n) is 17.8. The van der Waals surface area contributed by atoms with E-state index < -0.39 is 119 Å². The highest BCUT2D eigenvalue weighted by molar-refractivity contribution is 5.96. The Labute approximate surface area is 364 Å². The first-order valence-corrected chi connectivity index (χ1v) is 20.9. The highest BCUT2D eigenvalue weighted by Crippen LogP contribution is 2.62. The molecule has 1 amide bonds. The summed E-state index contributed by atoms with van der Waals surface area (Å²) in [6, 6.07) is 23.2. The number of Topliss-reactive ketones (excluding diaryl/α,β-unsaturated/α-hetero) is 1. The molecule has 3 aliphatic carbocycles. The van der Waals surface area contributed by atoms with Crippen molar-refractivity contribution in [3.05, 3.63) is 119 Å². The van der Waals surface area contributed by atoms with Crippen molar-refractivity contribution in [3.8, 4) is 0 Å². The Morgan fingerprint density at radius 3 is 2.02 bits per heavy atom. The minimum absolute atomic E-state index is 0.0523. The second-order valence-corrected chi connectivity index (χ2v) is 17.8. The van der Waals surface area contributed by atoms with Crippen molar-refractivity contribution in [2.24, 2.45) is 16.7 Å². The summed E-state index contributed by atoms with van der Waals surface area (Å²) in [5, 5.41) is 39.9. The Bertz CT molecular complexity index is 2300. The number of benzene rings is 3. The van der Waals surface area contributed by atoms with E-state index in [9.17, 15) is 39.3 Å². The van der Waals surface area contributed by atoms with Gasteiger partial charge < -0.3 is 44.3 Å². The van der Waals surface area contributed by atoms with Gasteiger partial charge in [-0.3, -0.25) is 19.2 Å². The van der Waals surface area contributed by atoms with Gasteiger partial charge in [0.05, 0.1) is 41.3 Å². The molecule has 7 rings (SSSR count). The maximum absolute atomic E-state index is 15.6. The van der Waals surface area contributed by atoms with Gasteiger partial charge in [0, 0.05) is 44.1 Å². The summed E-state index contributed by atoms with van der Waals surface area (Å²) >= 11 is 0. The number of carbonyl (C=O) groups excluding carboxylic acids is 6. The molecule has 15 nitrogen and oxygen atoms in total. The van der Waals surface area contributed by atoms with Gasteiger partial charge >= 0.3 is 23.9 Å². The summed E-state index contributed by atoms with van der Waals surface area (Å²) in [5.41, 5.74) is -6.25. The fraction of sp³-hybridized carbons (Fsp3) is 0.458. The molecule has 4 N–H and O–H groups in total. The van der Waals surface area contributed by atoms with Gasteiger partial charge in [-0.25, -0.2) is 9.59 Å². The number of carbonyl (C=O) groups is 6. The fourth-order valence-corrected chi connectivity index (χ4v) is 10.4. The maximum atomic E-state index is 15.6. The van der Waals surface area contributed by atoms with Crippen LogP contribution >= 0.6 is 0 Å². The van der Waals surface area contributed by atoms with Crippen LogP contribution in [-0.4, -0.2) is 105 Å². The first-order chi connectivity index (χ1) is 29.7. The number of ketones is 1. The minimum Gasteiger partial charge on any atom is -0.458 e.